The highest BCUT2D eigenvalue weighted by Gasteiger charge is 2.30. The van der Waals surface area contributed by atoms with Gasteiger partial charge in [0, 0.05) is 36.6 Å². The summed E-state index contributed by atoms with van der Waals surface area (Å²) in [6.07, 6.45) is 7.88. The molecule has 0 saturated carbocycles. The lowest BCUT2D eigenvalue weighted by molar-refractivity contribution is 0.0506. The first kappa shape index (κ1) is 17.5. The van der Waals surface area contributed by atoms with E-state index >= 15 is 0 Å². The Morgan fingerprint density at radius 3 is 2.93 bits per heavy atom. The Labute approximate surface area is 169 Å². The number of thiophene rings is 1. The van der Waals surface area contributed by atoms with Gasteiger partial charge in [-0.05, 0) is 37.5 Å². The second-order valence-corrected chi connectivity index (χ2v) is 8.64. The van der Waals surface area contributed by atoms with Gasteiger partial charge in [0.1, 0.15) is 11.8 Å². The highest BCUT2D eigenvalue weighted by molar-refractivity contribution is 7.17. The van der Waals surface area contributed by atoms with Gasteiger partial charge in [-0.25, -0.2) is 4.98 Å². The minimum Gasteiger partial charge on any atom is -0.346 e. The highest BCUT2D eigenvalue weighted by atomic mass is 35.5. The predicted octanol–water partition coefficient (Wildman–Crippen LogP) is 4.42. The fraction of sp³-hybridized carbons (Fsp3) is 0.250. The van der Waals surface area contributed by atoms with Gasteiger partial charge in [-0.15, -0.1) is 11.3 Å². The van der Waals surface area contributed by atoms with E-state index in [0.717, 1.165) is 35.8 Å². The maximum absolute atomic E-state index is 13.2. The fourth-order valence-electron chi connectivity index (χ4n) is 4.02. The molecule has 1 amide bonds. The molecule has 0 spiro atoms. The van der Waals surface area contributed by atoms with Crippen molar-refractivity contribution in [1.82, 2.24) is 19.4 Å². The lowest BCUT2D eigenvalue weighted by Gasteiger charge is -2.37. The Hall–Kier alpha value is -2.64. The fourth-order valence-corrected chi connectivity index (χ4v) is 5.02. The summed E-state index contributed by atoms with van der Waals surface area (Å²) >= 11 is 7.34. The van der Waals surface area contributed by atoms with Crippen LogP contribution in [0.1, 0.15) is 35.1 Å². The van der Waals surface area contributed by atoms with Gasteiger partial charge in [0.25, 0.3) is 5.91 Å². The van der Waals surface area contributed by atoms with E-state index in [4.69, 9.17) is 11.6 Å². The Morgan fingerprint density at radius 1 is 1.21 bits per heavy atom. The summed E-state index contributed by atoms with van der Waals surface area (Å²) in [4.78, 5) is 35.7. The number of halogens is 1. The number of nitrogens with one attached hydrogen (secondary N) is 1. The molecule has 1 aliphatic rings. The van der Waals surface area contributed by atoms with Gasteiger partial charge in [-0.2, -0.15) is 0 Å². The number of likely N-dealkylation sites (tertiary alicyclic amines) is 1. The van der Waals surface area contributed by atoms with Crippen LogP contribution in [0.2, 0.25) is 4.34 Å². The van der Waals surface area contributed by atoms with Crippen molar-refractivity contribution in [2.75, 3.05) is 6.54 Å². The van der Waals surface area contributed by atoms with Crippen LogP contribution in [0.4, 0.5) is 0 Å². The zero-order valence-electron chi connectivity index (χ0n) is 14.9. The first-order valence-electron chi connectivity index (χ1n) is 9.17. The van der Waals surface area contributed by atoms with Crippen molar-refractivity contribution in [3.05, 3.63) is 62.3 Å². The molecule has 142 valence electrons. The molecule has 1 aliphatic heterocycles. The van der Waals surface area contributed by atoms with Gasteiger partial charge in [-0.3, -0.25) is 9.59 Å². The summed E-state index contributed by atoms with van der Waals surface area (Å²) in [6.45, 7) is 0.675. The molecule has 0 bridgehead atoms. The number of aromatic nitrogens is 3. The topological polar surface area (TPSA) is 71.0 Å². The van der Waals surface area contributed by atoms with E-state index in [9.17, 15) is 9.59 Å². The molecule has 5 rings (SSSR count). The third kappa shape index (κ3) is 2.73. The molecule has 8 heteroatoms. The Bertz CT molecular complexity index is 1260. The zero-order valence-corrected chi connectivity index (χ0v) is 16.5. The molecule has 28 heavy (non-hydrogen) atoms. The first-order chi connectivity index (χ1) is 13.6. The number of H-pyrrole nitrogens is 1. The van der Waals surface area contributed by atoms with Crippen LogP contribution >= 0.6 is 22.9 Å². The van der Waals surface area contributed by atoms with E-state index in [0.29, 0.717) is 21.1 Å². The summed E-state index contributed by atoms with van der Waals surface area (Å²) < 4.78 is 2.66. The van der Waals surface area contributed by atoms with Crippen LogP contribution in [-0.4, -0.2) is 31.9 Å². The Kier molecular flexibility index (Phi) is 4.21. The van der Waals surface area contributed by atoms with Gasteiger partial charge in [0.05, 0.1) is 20.1 Å². The van der Waals surface area contributed by atoms with Crippen LogP contribution in [0, 0.1) is 0 Å². The van der Waals surface area contributed by atoms with E-state index in [-0.39, 0.29) is 17.5 Å². The van der Waals surface area contributed by atoms with Gasteiger partial charge >= 0.3 is 0 Å². The molecule has 6 nitrogen and oxygen atoms in total. The number of hydrogen-bond donors (Lipinski definition) is 1. The molecule has 1 atom stereocenters. The minimum absolute atomic E-state index is 0.0205. The minimum atomic E-state index is -0.161. The molecule has 0 aromatic carbocycles. The summed E-state index contributed by atoms with van der Waals surface area (Å²) in [6, 6.07) is 7.01. The van der Waals surface area contributed by atoms with Crippen molar-refractivity contribution in [3.63, 3.8) is 0 Å². The Balaban J connectivity index is 1.69. The highest BCUT2D eigenvalue weighted by Crippen LogP contribution is 2.33. The van der Waals surface area contributed by atoms with Crippen LogP contribution in [0.15, 0.2) is 47.7 Å². The van der Waals surface area contributed by atoms with E-state index in [2.05, 4.69) is 14.5 Å². The second-order valence-electron chi connectivity index (χ2n) is 6.93. The van der Waals surface area contributed by atoms with Crippen LogP contribution in [0.25, 0.3) is 21.9 Å². The largest absolute Gasteiger partial charge is 0.346 e. The SMILES string of the molecule is O=C(c1ccc(Cl)s1)N1CCCCC1n1ccc(=O)c2cnc3[nH]ccc3c21. The van der Waals surface area contributed by atoms with E-state index in [1.807, 2.05) is 17.2 Å². The summed E-state index contributed by atoms with van der Waals surface area (Å²) in [7, 11) is 0. The number of piperidine rings is 1. The number of rotatable bonds is 2. The summed E-state index contributed by atoms with van der Waals surface area (Å²) in [5.74, 6) is -0.0205. The van der Waals surface area contributed by atoms with Crippen molar-refractivity contribution in [2.24, 2.45) is 0 Å². The van der Waals surface area contributed by atoms with Crippen molar-refractivity contribution < 1.29 is 4.79 Å². The number of nitrogens with zero attached hydrogens (tertiary/aromatic N) is 3. The van der Waals surface area contributed by atoms with Crippen molar-refractivity contribution >= 4 is 50.8 Å². The lowest BCUT2D eigenvalue weighted by atomic mass is 10.1. The van der Waals surface area contributed by atoms with Crippen molar-refractivity contribution in [3.8, 4) is 0 Å². The molecule has 0 radical (unpaired) electrons. The van der Waals surface area contributed by atoms with Gasteiger partial charge < -0.3 is 14.5 Å². The lowest BCUT2D eigenvalue weighted by Crippen LogP contribution is -2.41. The molecule has 4 aromatic rings. The number of aromatic amines is 1. The van der Waals surface area contributed by atoms with Crippen LogP contribution < -0.4 is 5.43 Å². The average molecular weight is 413 g/mol. The predicted molar refractivity (Wildman–Crippen MR) is 111 cm³/mol. The van der Waals surface area contributed by atoms with Crippen LogP contribution in [-0.2, 0) is 0 Å². The molecule has 1 unspecified atom stereocenters. The zero-order chi connectivity index (χ0) is 19.3. The third-order valence-corrected chi connectivity index (χ3v) is 6.52. The molecule has 1 saturated heterocycles. The molecular weight excluding hydrogens is 396 g/mol. The quantitative estimate of drug-likeness (QED) is 0.529. The number of carbonyl (C=O) groups excluding carboxylic acids is 1. The van der Waals surface area contributed by atoms with E-state index < -0.39 is 0 Å². The number of carbonyl (C=O) groups is 1. The van der Waals surface area contributed by atoms with Crippen LogP contribution in [0.5, 0.6) is 0 Å². The average Bonchev–Trinajstić information content (AvgIpc) is 3.36. The smallest absolute Gasteiger partial charge is 0.265 e. The summed E-state index contributed by atoms with van der Waals surface area (Å²) in [5.41, 5.74) is 1.47. The maximum atomic E-state index is 13.2. The number of hydrogen-bond acceptors (Lipinski definition) is 4. The third-order valence-electron chi connectivity index (χ3n) is 5.31. The number of fused-ring (bicyclic) bond motifs is 3. The van der Waals surface area contributed by atoms with Gasteiger partial charge in [0.2, 0.25) is 0 Å². The second kappa shape index (κ2) is 6.76. The van der Waals surface area contributed by atoms with Gasteiger partial charge in [-0.1, -0.05) is 11.6 Å². The molecule has 1 N–H and O–H groups in total. The summed E-state index contributed by atoms with van der Waals surface area (Å²) in [5, 5.41) is 1.44. The molecule has 4 aromatic heterocycles. The number of pyridine rings is 2. The molecule has 1 fully saturated rings. The molecule has 0 aliphatic carbocycles. The maximum Gasteiger partial charge on any atom is 0.265 e. The van der Waals surface area contributed by atoms with Crippen molar-refractivity contribution in [2.45, 2.75) is 25.4 Å². The van der Waals surface area contributed by atoms with E-state index in [1.54, 1.807) is 30.6 Å². The molecular formula is C20H17ClN4O2S. The van der Waals surface area contributed by atoms with Crippen LogP contribution in [0.3, 0.4) is 0 Å². The number of amides is 1. The first-order valence-corrected chi connectivity index (χ1v) is 10.4. The Morgan fingerprint density at radius 2 is 2.11 bits per heavy atom. The van der Waals surface area contributed by atoms with Gasteiger partial charge in [0.15, 0.2) is 5.43 Å². The van der Waals surface area contributed by atoms with Crippen molar-refractivity contribution in [1.29, 1.82) is 0 Å². The monoisotopic (exact) mass is 412 g/mol. The van der Waals surface area contributed by atoms with E-state index in [1.165, 1.54) is 11.3 Å². The standard InChI is InChI=1S/C20H17ClN4O2S/c21-16-5-4-15(28-16)20(27)25-9-2-1-3-17(25)24-10-7-14(26)13-11-23-19-12(18(13)24)6-8-22-19/h4-8,10-11,17H,1-3,9H2,(H,22,23). The molecule has 5 heterocycles. The normalized spacial score (nSPS) is 17.5.